The lowest BCUT2D eigenvalue weighted by molar-refractivity contribution is -0.129. The maximum atomic E-state index is 13.6. The third-order valence-corrected chi connectivity index (χ3v) is 5.11. The van der Waals surface area contributed by atoms with Gasteiger partial charge in [0, 0.05) is 11.4 Å². The van der Waals surface area contributed by atoms with Crippen molar-refractivity contribution in [2.24, 2.45) is 0 Å². The van der Waals surface area contributed by atoms with Crippen molar-refractivity contribution < 1.29 is 18.7 Å². The van der Waals surface area contributed by atoms with Gasteiger partial charge in [0.05, 0.1) is 7.11 Å². The molecule has 0 spiro atoms. The van der Waals surface area contributed by atoms with Crippen LogP contribution in [0, 0.1) is 13.8 Å². The predicted octanol–water partition coefficient (Wildman–Crippen LogP) is 4.03. The molecule has 4 rings (SSSR count). The topological polar surface area (TPSA) is 63.0 Å². The zero-order valence-corrected chi connectivity index (χ0v) is 16.6. The van der Waals surface area contributed by atoms with Crippen LogP contribution in [0.25, 0.3) is 0 Å². The molecule has 0 saturated carbocycles. The summed E-state index contributed by atoms with van der Waals surface area (Å²) < 4.78 is 11.0. The van der Waals surface area contributed by atoms with Gasteiger partial charge < -0.3 is 14.1 Å². The van der Waals surface area contributed by atoms with Crippen LogP contribution in [0.3, 0.4) is 0 Å². The highest BCUT2D eigenvalue weighted by molar-refractivity contribution is 6.14. The summed E-state index contributed by atoms with van der Waals surface area (Å²) in [5.74, 6) is 1.41. The largest absolute Gasteiger partial charge is 0.497 e. The molecule has 1 aromatic heterocycles. The average molecular weight is 390 g/mol. The fourth-order valence-electron chi connectivity index (χ4n) is 3.65. The fourth-order valence-corrected chi connectivity index (χ4v) is 3.65. The molecule has 0 radical (unpaired) electrons. The minimum Gasteiger partial charge on any atom is -0.497 e. The molecule has 2 aromatic carbocycles. The molecule has 1 aliphatic heterocycles. The SMILES string of the molecule is COc1ccc(N2C(=O)CN(c3ccccc3C)C(=O)C2c2ccc(C)o2)cc1. The van der Waals surface area contributed by atoms with E-state index in [0.29, 0.717) is 23.0 Å². The summed E-state index contributed by atoms with van der Waals surface area (Å²) in [6.07, 6.45) is 0. The molecule has 0 bridgehead atoms. The molecule has 148 valence electrons. The minimum absolute atomic E-state index is 0.0358. The molecule has 1 fully saturated rings. The van der Waals surface area contributed by atoms with E-state index in [2.05, 4.69) is 0 Å². The summed E-state index contributed by atoms with van der Waals surface area (Å²) >= 11 is 0. The number of furan rings is 1. The van der Waals surface area contributed by atoms with Crippen LogP contribution < -0.4 is 14.5 Å². The fraction of sp³-hybridized carbons (Fsp3) is 0.217. The second-order valence-electron chi connectivity index (χ2n) is 7.02. The van der Waals surface area contributed by atoms with Gasteiger partial charge in [0.2, 0.25) is 5.91 Å². The number of para-hydroxylation sites is 1. The number of ether oxygens (including phenoxy) is 1. The van der Waals surface area contributed by atoms with E-state index in [1.54, 1.807) is 48.4 Å². The van der Waals surface area contributed by atoms with E-state index in [-0.39, 0.29) is 18.4 Å². The highest BCUT2D eigenvalue weighted by Crippen LogP contribution is 2.36. The number of piperazine rings is 1. The first-order valence-corrected chi connectivity index (χ1v) is 9.39. The van der Waals surface area contributed by atoms with Crippen molar-refractivity contribution in [1.29, 1.82) is 0 Å². The lowest BCUT2D eigenvalue weighted by atomic mass is 10.0. The van der Waals surface area contributed by atoms with Crippen molar-refractivity contribution in [1.82, 2.24) is 0 Å². The van der Waals surface area contributed by atoms with Gasteiger partial charge in [-0.15, -0.1) is 0 Å². The van der Waals surface area contributed by atoms with Crippen LogP contribution in [0.15, 0.2) is 65.1 Å². The Balaban J connectivity index is 1.80. The van der Waals surface area contributed by atoms with E-state index < -0.39 is 6.04 Å². The van der Waals surface area contributed by atoms with Gasteiger partial charge in [-0.2, -0.15) is 0 Å². The monoisotopic (exact) mass is 390 g/mol. The summed E-state index contributed by atoms with van der Waals surface area (Å²) in [4.78, 5) is 29.9. The smallest absolute Gasteiger partial charge is 0.258 e. The molecule has 2 heterocycles. The summed E-state index contributed by atoms with van der Waals surface area (Å²) in [6, 6.07) is 17.3. The number of benzene rings is 2. The molecular formula is C23H22N2O4. The van der Waals surface area contributed by atoms with Gasteiger partial charge in [-0.3, -0.25) is 14.5 Å². The standard InChI is InChI=1S/C23H22N2O4/c1-15-6-4-5-7-19(15)24-14-21(26)25(17-9-11-18(28-3)12-10-17)22(23(24)27)20-13-8-16(2)29-20/h4-13,22H,14H2,1-3H3. The summed E-state index contributed by atoms with van der Waals surface area (Å²) in [6.45, 7) is 3.70. The molecule has 1 unspecified atom stereocenters. The maximum absolute atomic E-state index is 13.6. The Kier molecular flexibility index (Phi) is 4.84. The normalized spacial score (nSPS) is 17.0. The molecule has 29 heavy (non-hydrogen) atoms. The van der Waals surface area contributed by atoms with E-state index in [9.17, 15) is 9.59 Å². The number of anilines is 2. The van der Waals surface area contributed by atoms with E-state index in [1.807, 2.05) is 38.1 Å². The molecule has 6 nitrogen and oxygen atoms in total. The third kappa shape index (κ3) is 3.38. The van der Waals surface area contributed by atoms with Crippen LogP contribution in [0.1, 0.15) is 23.1 Å². The van der Waals surface area contributed by atoms with Crippen molar-refractivity contribution in [2.75, 3.05) is 23.5 Å². The number of rotatable bonds is 4. The van der Waals surface area contributed by atoms with Crippen LogP contribution >= 0.6 is 0 Å². The summed E-state index contributed by atoms with van der Waals surface area (Å²) in [7, 11) is 1.58. The Morgan fingerprint density at radius 2 is 1.69 bits per heavy atom. The van der Waals surface area contributed by atoms with Crippen molar-refractivity contribution in [3.8, 4) is 5.75 Å². The number of carbonyl (C=O) groups is 2. The zero-order valence-electron chi connectivity index (χ0n) is 16.6. The Hall–Kier alpha value is -3.54. The van der Waals surface area contributed by atoms with Gasteiger partial charge in [0.1, 0.15) is 23.8 Å². The minimum atomic E-state index is -0.877. The van der Waals surface area contributed by atoms with E-state index in [4.69, 9.17) is 9.15 Å². The number of methoxy groups -OCH3 is 1. The molecule has 0 aliphatic carbocycles. The number of hydrogen-bond donors (Lipinski definition) is 0. The highest BCUT2D eigenvalue weighted by atomic mass is 16.5. The first-order valence-electron chi connectivity index (χ1n) is 9.39. The van der Waals surface area contributed by atoms with Crippen LogP contribution in [-0.4, -0.2) is 25.5 Å². The van der Waals surface area contributed by atoms with E-state index in [1.165, 1.54) is 4.90 Å². The number of amides is 2. The highest BCUT2D eigenvalue weighted by Gasteiger charge is 2.43. The van der Waals surface area contributed by atoms with Crippen molar-refractivity contribution >= 4 is 23.2 Å². The number of carbonyl (C=O) groups excluding carboxylic acids is 2. The summed E-state index contributed by atoms with van der Waals surface area (Å²) in [5.41, 5.74) is 2.28. The molecule has 0 N–H and O–H groups in total. The predicted molar refractivity (Wildman–Crippen MR) is 110 cm³/mol. The molecule has 2 amide bonds. The number of hydrogen-bond acceptors (Lipinski definition) is 4. The Labute approximate surface area is 169 Å². The second kappa shape index (κ2) is 7.47. The lowest BCUT2D eigenvalue weighted by Gasteiger charge is -2.39. The van der Waals surface area contributed by atoms with Gasteiger partial charge in [-0.1, -0.05) is 18.2 Å². The lowest BCUT2D eigenvalue weighted by Crippen LogP contribution is -2.56. The van der Waals surface area contributed by atoms with Crippen LogP contribution in [-0.2, 0) is 9.59 Å². The van der Waals surface area contributed by atoms with Crippen molar-refractivity contribution in [3.05, 3.63) is 77.7 Å². The van der Waals surface area contributed by atoms with Crippen molar-refractivity contribution in [2.45, 2.75) is 19.9 Å². The third-order valence-electron chi connectivity index (χ3n) is 5.11. The number of nitrogens with zero attached hydrogens (tertiary/aromatic N) is 2. The Morgan fingerprint density at radius 1 is 0.966 bits per heavy atom. The van der Waals surface area contributed by atoms with Crippen LogP contribution in [0.4, 0.5) is 11.4 Å². The van der Waals surface area contributed by atoms with Gasteiger partial charge in [0.15, 0.2) is 6.04 Å². The Morgan fingerprint density at radius 3 is 2.31 bits per heavy atom. The average Bonchev–Trinajstić information content (AvgIpc) is 3.15. The molecule has 1 atom stereocenters. The molecule has 6 heteroatoms. The van der Waals surface area contributed by atoms with E-state index in [0.717, 1.165) is 11.3 Å². The van der Waals surface area contributed by atoms with Gasteiger partial charge in [-0.05, 0) is 61.9 Å². The quantitative estimate of drug-likeness (QED) is 0.675. The number of aryl methyl sites for hydroxylation is 2. The van der Waals surface area contributed by atoms with Gasteiger partial charge >= 0.3 is 0 Å². The first kappa shape index (κ1) is 18.8. The molecule has 1 saturated heterocycles. The van der Waals surface area contributed by atoms with Crippen molar-refractivity contribution in [3.63, 3.8) is 0 Å². The van der Waals surface area contributed by atoms with Gasteiger partial charge in [0.25, 0.3) is 5.91 Å². The molecule has 3 aromatic rings. The van der Waals surface area contributed by atoms with Gasteiger partial charge in [-0.25, -0.2) is 0 Å². The Bertz CT molecular complexity index is 1050. The molecular weight excluding hydrogens is 368 g/mol. The zero-order chi connectivity index (χ0) is 20.5. The van der Waals surface area contributed by atoms with E-state index >= 15 is 0 Å². The van der Waals surface area contributed by atoms with Crippen LogP contribution in [0.5, 0.6) is 5.75 Å². The van der Waals surface area contributed by atoms with Crippen LogP contribution in [0.2, 0.25) is 0 Å². The second-order valence-corrected chi connectivity index (χ2v) is 7.02. The maximum Gasteiger partial charge on any atom is 0.258 e. The molecule has 1 aliphatic rings. The summed E-state index contributed by atoms with van der Waals surface area (Å²) in [5, 5.41) is 0. The first-order chi connectivity index (χ1) is 14.0.